The van der Waals surface area contributed by atoms with Gasteiger partial charge in [-0.15, -0.1) is 0 Å². The molecule has 0 aliphatic heterocycles. The molecule has 0 amide bonds. The Morgan fingerprint density at radius 2 is 1.09 bits per heavy atom. The van der Waals surface area contributed by atoms with Crippen molar-refractivity contribution in [2.75, 3.05) is 0 Å². The molecule has 0 aromatic carbocycles. The van der Waals surface area contributed by atoms with Crippen molar-refractivity contribution in [2.24, 2.45) is 11.8 Å². The van der Waals surface area contributed by atoms with Gasteiger partial charge in [0, 0.05) is 0 Å². The number of unbranched alkanes of at least 4 members (excludes halogenated alkanes) is 11. The summed E-state index contributed by atoms with van der Waals surface area (Å²) in [6.45, 7) is 9.35. The molecule has 0 fully saturated rings. The SMILES string of the molecule is CCCCC(C)[CH]CCCCCCCCCCCCC(C)C. The monoisotopic (exact) mass is 309 g/mol. The van der Waals surface area contributed by atoms with E-state index in [0.717, 1.165) is 11.8 Å². The highest BCUT2D eigenvalue weighted by Crippen LogP contribution is 2.17. The van der Waals surface area contributed by atoms with E-state index in [1.54, 1.807) is 0 Å². The van der Waals surface area contributed by atoms with Gasteiger partial charge in [0.25, 0.3) is 0 Å². The van der Waals surface area contributed by atoms with Gasteiger partial charge in [0.2, 0.25) is 0 Å². The Hall–Kier alpha value is 0. The number of hydrogen-bond donors (Lipinski definition) is 0. The molecule has 0 N–H and O–H groups in total. The molecule has 1 radical (unpaired) electrons. The van der Waals surface area contributed by atoms with Gasteiger partial charge < -0.3 is 0 Å². The van der Waals surface area contributed by atoms with Crippen molar-refractivity contribution in [1.29, 1.82) is 0 Å². The largest absolute Gasteiger partial charge is 0.0654 e. The third-order valence-electron chi connectivity index (χ3n) is 4.82. The van der Waals surface area contributed by atoms with Crippen LogP contribution >= 0.6 is 0 Å². The molecule has 0 rings (SSSR count). The quantitative estimate of drug-likeness (QED) is 0.237. The van der Waals surface area contributed by atoms with Crippen LogP contribution in [0.15, 0.2) is 0 Å². The predicted octanol–water partition coefficient (Wildman–Crippen LogP) is 8.35. The minimum atomic E-state index is 0.843. The van der Waals surface area contributed by atoms with Crippen LogP contribution in [0, 0.1) is 18.3 Å². The Morgan fingerprint density at radius 1 is 0.591 bits per heavy atom. The van der Waals surface area contributed by atoms with E-state index in [0.29, 0.717) is 0 Å². The Kier molecular flexibility index (Phi) is 17.4. The second-order valence-electron chi connectivity index (χ2n) is 7.86. The van der Waals surface area contributed by atoms with Gasteiger partial charge in [0.05, 0.1) is 0 Å². The molecule has 0 heteroatoms. The molecule has 0 saturated carbocycles. The van der Waals surface area contributed by atoms with E-state index in [9.17, 15) is 0 Å². The van der Waals surface area contributed by atoms with Crippen LogP contribution in [0.2, 0.25) is 0 Å². The highest BCUT2D eigenvalue weighted by molar-refractivity contribution is 4.72. The van der Waals surface area contributed by atoms with Gasteiger partial charge in [-0.25, -0.2) is 0 Å². The summed E-state index contributed by atoms with van der Waals surface area (Å²) in [5.74, 6) is 1.74. The van der Waals surface area contributed by atoms with Gasteiger partial charge >= 0.3 is 0 Å². The Balaban J connectivity index is 3.05. The zero-order valence-corrected chi connectivity index (χ0v) is 16.3. The lowest BCUT2D eigenvalue weighted by Crippen LogP contribution is -1.95. The lowest BCUT2D eigenvalue weighted by Gasteiger charge is -2.09. The van der Waals surface area contributed by atoms with Crippen LogP contribution in [-0.2, 0) is 0 Å². The first-order valence-corrected chi connectivity index (χ1v) is 10.5. The first-order valence-electron chi connectivity index (χ1n) is 10.5. The standard InChI is InChI=1S/C22H45/c1-5-6-19-22(4)20-17-15-13-11-9-7-8-10-12-14-16-18-21(2)3/h20-22H,5-19H2,1-4H3. The molecule has 0 saturated heterocycles. The molecule has 0 aliphatic rings. The van der Waals surface area contributed by atoms with E-state index in [1.807, 2.05) is 0 Å². The fraction of sp³-hybridized carbons (Fsp3) is 0.955. The normalized spacial score (nSPS) is 13.0. The zero-order chi connectivity index (χ0) is 16.5. The number of hydrogen-bond acceptors (Lipinski definition) is 0. The molecule has 0 spiro atoms. The third kappa shape index (κ3) is 18.1. The van der Waals surface area contributed by atoms with Crippen LogP contribution in [0.25, 0.3) is 0 Å². The van der Waals surface area contributed by atoms with Crippen LogP contribution in [0.4, 0.5) is 0 Å². The Morgan fingerprint density at radius 3 is 1.59 bits per heavy atom. The molecule has 133 valence electrons. The maximum atomic E-state index is 2.56. The molecule has 22 heavy (non-hydrogen) atoms. The molecule has 0 bridgehead atoms. The summed E-state index contributed by atoms with van der Waals surface area (Å²) < 4.78 is 0. The maximum absolute atomic E-state index is 2.56. The molecule has 1 unspecified atom stereocenters. The summed E-state index contributed by atoms with van der Waals surface area (Å²) in [5, 5.41) is 0. The van der Waals surface area contributed by atoms with E-state index >= 15 is 0 Å². The Labute approximate surface area is 142 Å². The topological polar surface area (TPSA) is 0 Å². The van der Waals surface area contributed by atoms with Gasteiger partial charge in [-0.05, 0) is 24.7 Å². The maximum Gasteiger partial charge on any atom is -0.0358 e. The van der Waals surface area contributed by atoms with Crippen LogP contribution in [0.1, 0.15) is 124 Å². The van der Waals surface area contributed by atoms with Crippen LogP contribution in [0.5, 0.6) is 0 Å². The summed E-state index contributed by atoms with van der Waals surface area (Å²) in [7, 11) is 0. The van der Waals surface area contributed by atoms with E-state index in [1.165, 1.54) is 96.3 Å². The van der Waals surface area contributed by atoms with Crippen molar-refractivity contribution in [3.8, 4) is 0 Å². The van der Waals surface area contributed by atoms with Crippen LogP contribution < -0.4 is 0 Å². The van der Waals surface area contributed by atoms with Crippen molar-refractivity contribution < 1.29 is 0 Å². The average Bonchev–Trinajstić information content (AvgIpc) is 2.49. The zero-order valence-electron chi connectivity index (χ0n) is 16.3. The van der Waals surface area contributed by atoms with Crippen LogP contribution in [-0.4, -0.2) is 0 Å². The van der Waals surface area contributed by atoms with E-state index in [-0.39, 0.29) is 0 Å². The van der Waals surface area contributed by atoms with Gasteiger partial charge in [-0.3, -0.25) is 0 Å². The molecule has 0 heterocycles. The van der Waals surface area contributed by atoms with Crippen molar-refractivity contribution >= 4 is 0 Å². The van der Waals surface area contributed by atoms with Gasteiger partial charge in [0.1, 0.15) is 0 Å². The molecule has 0 nitrogen and oxygen atoms in total. The summed E-state index contributed by atoms with van der Waals surface area (Å²) >= 11 is 0. The summed E-state index contributed by atoms with van der Waals surface area (Å²) in [5.41, 5.74) is 0. The molecule has 0 aromatic rings. The van der Waals surface area contributed by atoms with Gasteiger partial charge in [-0.1, -0.05) is 118 Å². The second kappa shape index (κ2) is 17.4. The lowest BCUT2D eigenvalue weighted by molar-refractivity contribution is 0.502. The van der Waals surface area contributed by atoms with Gasteiger partial charge in [-0.2, -0.15) is 0 Å². The van der Waals surface area contributed by atoms with E-state index in [2.05, 4.69) is 34.1 Å². The number of rotatable bonds is 17. The van der Waals surface area contributed by atoms with Crippen LogP contribution in [0.3, 0.4) is 0 Å². The molecule has 1 atom stereocenters. The summed E-state index contributed by atoms with van der Waals surface area (Å²) in [6.07, 6.45) is 24.1. The minimum absolute atomic E-state index is 0.843. The summed E-state index contributed by atoms with van der Waals surface area (Å²) in [4.78, 5) is 0. The molecule has 0 aliphatic carbocycles. The highest BCUT2D eigenvalue weighted by Gasteiger charge is 2.01. The van der Waals surface area contributed by atoms with Crippen molar-refractivity contribution in [3.63, 3.8) is 0 Å². The minimum Gasteiger partial charge on any atom is -0.0654 e. The second-order valence-corrected chi connectivity index (χ2v) is 7.86. The highest BCUT2D eigenvalue weighted by atomic mass is 14.1. The predicted molar refractivity (Wildman–Crippen MR) is 103 cm³/mol. The fourth-order valence-electron chi connectivity index (χ4n) is 3.16. The van der Waals surface area contributed by atoms with Crippen molar-refractivity contribution in [2.45, 2.75) is 124 Å². The Bertz CT molecular complexity index is 194. The third-order valence-corrected chi connectivity index (χ3v) is 4.82. The summed E-state index contributed by atoms with van der Waals surface area (Å²) in [6, 6.07) is 0. The van der Waals surface area contributed by atoms with E-state index in [4.69, 9.17) is 0 Å². The van der Waals surface area contributed by atoms with Crippen molar-refractivity contribution in [3.05, 3.63) is 6.42 Å². The fourth-order valence-corrected chi connectivity index (χ4v) is 3.16. The van der Waals surface area contributed by atoms with E-state index < -0.39 is 0 Å². The van der Waals surface area contributed by atoms with Gasteiger partial charge in [0.15, 0.2) is 0 Å². The molecular formula is C22H45. The van der Waals surface area contributed by atoms with Crippen molar-refractivity contribution in [1.82, 2.24) is 0 Å². The first kappa shape index (κ1) is 22.0. The molecule has 0 aromatic heterocycles. The lowest BCUT2D eigenvalue weighted by atomic mass is 9.97. The average molecular weight is 310 g/mol. The smallest absolute Gasteiger partial charge is 0.0358 e. The first-order chi connectivity index (χ1) is 10.7. The molecular weight excluding hydrogens is 264 g/mol.